The summed E-state index contributed by atoms with van der Waals surface area (Å²) in [6, 6.07) is 4.77. The number of benzene rings is 1. The predicted molar refractivity (Wildman–Crippen MR) is 118 cm³/mol. The second kappa shape index (κ2) is 8.10. The summed E-state index contributed by atoms with van der Waals surface area (Å²) in [6.45, 7) is 6.64. The van der Waals surface area contributed by atoms with Gasteiger partial charge in [-0.25, -0.2) is 0 Å². The van der Waals surface area contributed by atoms with E-state index in [2.05, 4.69) is 4.98 Å². The maximum Gasteiger partial charge on any atom is 0.326 e. The second-order valence-corrected chi connectivity index (χ2v) is 8.96. The van der Waals surface area contributed by atoms with E-state index in [1.807, 2.05) is 0 Å². The third-order valence-electron chi connectivity index (χ3n) is 4.30. The van der Waals surface area contributed by atoms with Gasteiger partial charge in [-0.2, -0.15) is 0 Å². The van der Waals surface area contributed by atoms with Gasteiger partial charge < -0.3 is 14.4 Å². The van der Waals surface area contributed by atoms with Crippen LogP contribution in [0.5, 0.6) is 5.88 Å². The molecule has 0 amide bonds. The zero-order valence-corrected chi connectivity index (χ0v) is 19.0. The highest BCUT2D eigenvalue weighted by Crippen LogP contribution is 2.42. The van der Waals surface area contributed by atoms with Gasteiger partial charge in [0.2, 0.25) is 5.88 Å². The Morgan fingerprint density at radius 3 is 2.47 bits per heavy atom. The number of aromatic hydroxyl groups is 1. The van der Waals surface area contributed by atoms with Crippen molar-refractivity contribution in [1.82, 2.24) is 9.55 Å². The molecule has 6 nitrogen and oxygen atoms in total. The van der Waals surface area contributed by atoms with Gasteiger partial charge in [0.15, 0.2) is 0 Å². The molecule has 0 aliphatic heterocycles. The Kier molecular flexibility index (Phi) is 6.05. The first-order valence-electron chi connectivity index (χ1n) is 8.98. The van der Waals surface area contributed by atoms with Crippen LogP contribution in [0.3, 0.4) is 0 Å². The quantitative estimate of drug-likeness (QED) is 0.389. The molecule has 0 fully saturated rings. The van der Waals surface area contributed by atoms with Gasteiger partial charge in [-0.1, -0.05) is 29.3 Å². The summed E-state index contributed by atoms with van der Waals surface area (Å²) < 4.78 is 6.63. The molecule has 1 aromatic carbocycles. The van der Waals surface area contributed by atoms with E-state index in [4.69, 9.17) is 39.5 Å². The molecule has 2 heterocycles. The van der Waals surface area contributed by atoms with Gasteiger partial charge in [-0.3, -0.25) is 14.6 Å². The van der Waals surface area contributed by atoms with Gasteiger partial charge in [-0.15, -0.1) is 0 Å². The Balaban J connectivity index is 2.27. The molecule has 9 heteroatoms. The van der Waals surface area contributed by atoms with Crippen LogP contribution >= 0.6 is 34.8 Å². The lowest BCUT2D eigenvalue weighted by Gasteiger charge is -2.19. The van der Waals surface area contributed by atoms with Crippen molar-refractivity contribution >= 4 is 56.9 Å². The average molecular weight is 470 g/mol. The van der Waals surface area contributed by atoms with Crippen molar-refractivity contribution in [3.05, 3.63) is 45.7 Å². The molecule has 3 rings (SSSR count). The van der Waals surface area contributed by atoms with Crippen molar-refractivity contribution in [2.45, 2.75) is 39.8 Å². The Labute approximate surface area is 188 Å². The second-order valence-electron chi connectivity index (χ2n) is 7.77. The minimum Gasteiger partial charge on any atom is -0.494 e. The number of esters is 1. The van der Waals surface area contributed by atoms with Crippen molar-refractivity contribution in [2.24, 2.45) is 0 Å². The van der Waals surface area contributed by atoms with Crippen molar-refractivity contribution in [2.75, 3.05) is 0 Å². The number of ether oxygens (including phenoxy) is 1. The topological polar surface area (TPSA) is 81.4 Å². The summed E-state index contributed by atoms with van der Waals surface area (Å²) >= 11 is 18.2. The van der Waals surface area contributed by atoms with E-state index in [0.29, 0.717) is 27.4 Å². The molecule has 3 aromatic rings. The molecule has 0 unspecified atom stereocenters. The molecular weight excluding hydrogens is 451 g/mol. The normalized spacial score (nSPS) is 11.7. The van der Waals surface area contributed by atoms with Crippen LogP contribution in [0.1, 0.15) is 36.8 Å². The minimum atomic E-state index is -0.748. The number of rotatable bonds is 4. The number of hydrogen-bond donors (Lipinski definition) is 1. The number of aromatic nitrogens is 2. The van der Waals surface area contributed by atoms with E-state index in [9.17, 15) is 14.7 Å². The highest BCUT2D eigenvalue weighted by atomic mass is 35.5. The van der Waals surface area contributed by atoms with Gasteiger partial charge in [0, 0.05) is 27.4 Å². The smallest absolute Gasteiger partial charge is 0.326 e. The minimum absolute atomic E-state index is 0.110. The lowest BCUT2D eigenvalue weighted by Crippen LogP contribution is -2.26. The standard InChI is InChI=1S/C21H19Cl3N2O4/c1-10-16(19(24)28)17(12-6-5-11(22)7-13(12)23)18-14(25-10)8-26(20(18)29)9-15(27)30-21(2,3)4/h5-8,29H,9H2,1-4H3. The molecule has 0 bridgehead atoms. The van der Waals surface area contributed by atoms with Crippen LogP contribution in [-0.2, 0) is 16.1 Å². The molecule has 0 saturated heterocycles. The molecule has 158 valence electrons. The van der Waals surface area contributed by atoms with Crippen LogP contribution in [0, 0.1) is 6.92 Å². The summed E-state index contributed by atoms with van der Waals surface area (Å²) in [5, 5.41) is 11.1. The number of nitrogens with zero attached hydrogens (tertiary/aromatic N) is 2. The fraction of sp³-hybridized carbons (Fsp3) is 0.286. The zero-order chi connectivity index (χ0) is 22.4. The zero-order valence-electron chi connectivity index (χ0n) is 16.7. The molecular formula is C21H19Cl3N2O4. The average Bonchev–Trinajstić information content (AvgIpc) is 2.87. The fourth-order valence-electron chi connectivity index (χ4n) is 3.23. The Morgan fingerprint density at radius 1 is 1.23 bits per heavy atom. The van der Waals surface area contributed by atoms with Crippen LogP contribution < -0.4 is 0 Å². The first kappa shape index (κ1) is 22.4. The van der Waals surface area contributed by atoms with E-state index in [1.165, 1.54) is 16.8 Å². The van der Waals surface area contributed by atoms with E-state index in [-0.39, 0.29) is 28.4 Å². The summed E-state index contributed by atoms with van der Waals surface area (Å²) in [6.07, 6.45) is 1.51. The Bertz CT molecular complexity index is 1180. The van der Waals surface area contributed by atoms with Crippen LogP contribution in [0.4, 0.5) is 0 Å². The molecule has 0 aliphatic rings. The number of hydrogen-bond acceptors (Lipinski definition) is 5. The summed E-state index contributed by atoms with van der Waals surface area (Å²) in [5.74, 6) is -0.793. The molecule has 1 N–H and O–H groups in total. The largest absolute Gasteiger partial charge is 0.494 e. The number of halogens is 3. The van der Waals surface area contributed by atoms with Crippen LogP contribution in [-0.4, -0.2) is 31.5 Å². The van der Waals surface area contributed by atoms with Gasteiger partial charge in [-0.05, 0) is 51.4 Å². The molecule has 2 aromatic heterocycles. The lowest BCUT2D eigenvalue weighted by atomic mass is 9.96. The molecule has 0 saturated carbocycles. The molecule has 0 radical (unpaired) electrons. The number of carbonyl (C=O) groups is 2. The van der Waals surface area contributed by atoms with Gasteiger partial charge >= 0.3 is 5.97 Å². The van der Waals surface area contributed by atoms with E-state index >= 15 is 0 Å². The lowest BCUT2D eigenvalue weighted by molar-refractivity contribution is -0.155. The first-order chi connectivity index (χ1) is 13.9. The third kappa shape index (κ3) is 4.41. The maximum absolute atomic E-state index is 12.3. The Morgan fingerprint density at radius 2 is 1.90 bits per heavy atom. The van der Waals surface area contributed by atoms with Gasteiger partial charge in [0.25, 0.3) is 5.24 Å². The van der Waals surface area contributed by atoms with Crippen LogP contribution in [0.15, 0.2) is 24.4 Å². The summed E-state index contributed by atoms with van der Waals surface area (Å²) in [7, 11) is 0. The van der Waals surface area contributed by atoms with Crippen LogP contribution in [0.25, 0.3) is 22.0 Å². The number of pyridine rings is 1. The molecule has 30 heavy (non-hydrogen) atoms. The summed E-state index contributed by atoms with van der Waals surface area (Å²) in [5.41, 5.74) is 0.937. The molecule has 0 spiro atoms. The third-order valence-corrected chi connectivity index (χ3v) is 5.03. The fourth-order valence-corrected chi connectivity index (χ4v) is 3.97. The van der Waals surface area contributed by atoms with Gasteiger partial charge in [0.05, 0.1) is 22.2 Å². The number of carbonyl (C=O) groups excluding carboxylic acids is 2. The van der Waals surface area contributed by atoms with Gasteiger partial charge in [0.1, 0.15) is 12.1 Å². The van der Waals surface area contributed by atoms with Crippen molar-refractivity contribution in [3.63, 3.8) is 0 Å². The van der Waals surface area contributed by atoms with E-state index in [0.717, 1.165) is 0 Å². The SMILES string of the molecule is Cc1nc2cn(CC(=O)OC(C)(C)C)c(O)c2c(-c2ccc(Cl)cc2Cl)c1C(=O)Cl. The highest BCUT2D eigenvalue weighted by Gasteiger charge is 2.26. The first-order valence-corrected chi connectivity index (χ1v) is 10.1. The number of aryl methyl sites for hydroxylation is 1. The predicted octanol–water partition coefficient (Wildman–Crippen LogP) is 5.74. The van der Waals surface area contributed by atoms with Crippen molar-refractivity contribution < 1.29 is 19.4 Å². The highest BCUT2D eigenvalue weighted by molar-refractivity contribution is 6.68. The molecule has 0 atom stereocenters. The van der Waals surface area contributed by atoms with E-state index in [1.54, 1.807) is 39.8 Å². The monoisotopic (exact) mass is 468 g/mol. The number of fused-ring (bicyclic) bond motifs is 1. The van der Waals surface area contributed by atoms with Crippen LogP contribution in [0.2, 0.25) is 10.0 Å². The molecule has 0 aliphatic carbocycles. The maximum atomic E-state index is 12.3. The van der Waals surface area contributed by atoms with Crippen molar-refractivity contribution in [1.29, 1.82) is 0 Å². The Hall–Kier alpha value is -2.28. The van der Waals surface area contributed by atoms with E-state index < -0.39 is 16.8 Å². The summed E-state index contributed by atoms with van der Waals surface area (Å²) in [4.78, 5) is 28.9. The van der Waals surface area contributed by atoms with Crippen molar-refractivity contribution in [3.8, 4) is 17.0 Å².